The number of nitrogens with zero attached hydrogens (tertiary/aromatic N) is 5. The lowest BCUT2D eigenvalue weighted by Crippen LogP contribution is -2.10. The van der Waals surface area contributed by atoms with E-state index in [-0.39, 0.29) is 32.7 Å². The number of rotatable bonds is 6. The summed E-state index contributed by atoms with van der Waals surface area (Å²) in [5.41, 5.74) is 0.197. The molecule has 6 aromatic rings. The number of aromatic nitrogens is 4. The smallest absolute Gasteiger partial charge is 0.419 e. The number of carbonyl (C=O) groups is 2. The number of ether oxygens (including phenoxy) is 3. The Labute approximate surface area is 296 Å². The number of aryl methyl sites for hydroxylation is 2. The minimum absolute atomic E-state index is 0.0558. The Morgan fingerprint density at radius 3 is 1.58 bits per heavy atom. The third-order valence-corrected chi connectivity index (χ3v) is 8.05. The Morgan fingerprint density at radius 2 is 1.19 bits per heavy atom. The molecule has 0 unspecified atom stereocenters. The lowest BCUT2D eigenvalue weighted by Gasteiger charge is -2.15. The van der Waals surface area contributed by atoms with E-state index in [4.69, 9.17) is 20.8 Å². The fourth-order valence-electron chi connectivity index (χ4n) is 5.59. The van der Waals surface area contributed by atoms with Gasteiger partial charge in [-0.1, -0.05) is 0 Å². The highest BCUT2D eigenvalue weighted by molar-refractivity contribution is 6.08. The molecule has 17 heteroatoms. The molecule has 2 aromatic heterocycles. The summed E-state index contributed by atoms with van der Waals surface area (Å²) in [6.45, 7) is 6.17. The summed E-state index contributed by atoms with van der Waals surface area (Å²) in [6, 6.07) is 9.83. The number of benzene rings is 4. The Morgan fingerprint density at radius 1 is 0.736 bits per heavy atom. The van der Waals surface area contributed by atoms with Crippen LogP contribution >= 0.6 is 0 Å². The largest absolute Gasteiger partial charge is 0.507 e. The summed E-state index contributed by atoms with van der Waals surface area (Å²) in [6.07, 6.45) is -3.26. The summed E-state index contributed by atoms with van der Waals surface area (Å²) in [5.74, 6) is -2.88. The first kappa shape index (κ1) is 37.7. The lowest BCUT2D eigenvalue weighted by atomic mass is 9.97. The first-order valence-electron chi connectivity index (χ1n) is 15.1. The number of carbonyl (C=O) groups excluding carboxylic acids is 2. The number of alkyl halides is 6. The van der Waals surface area contributed by atoms with E-state index in [9.17, 15) is 41.0 Å². The van der Waals surface area contributed by atoms with Gasteiger partial charge < -0.3 is 28.5 Å². The predicted molar refractivity (Wildman–Crippen MR) is 179 cm³/mol. The van der Waals surface area contributed by atoms with Crippen LogP contribution in [0.2, 0.25) is 0 Å². The molecule has 0 radical (unpaired) electrons. The van der Waals surface area contributed by atoms with Crippen LogP contribution in [0.25, 0.3) is 48.9 Å². The van der Waals surface area contributed by atoms with E-state index in [0.29, 0.717) is 22.5 Å². The standard InChI is InChI=1S/C19H14F3N3O3.C17H13F3N2O3/c1-23-10-28-17-7-13-11(6-15(17)19(20,21)22)4-12(5-14(13)18(26)27-3)16-8-24-9-25(16)2;1-22-8-21-7-14(22)10-3-9-5-13(17(18,19)20)15(23)6-11(9)12(4-10)16(24)25-2/h4-9H,10H2,2-3H3;3-8,23H,1-2H3. The highest BCUT2D eigenvalue weighted by Gasteiger charge is 2.36. The molecule has 0 amide bonds. The summed E-state index contributed by atoms with van der Waals surface area (Å²) in [7, 11) is 5.81. The van der Waals surface area contributed by atoms with Crippen molar-refractivity contribution in [3.05, 3.63) is 107 Å². The molecule has 0 aliphatic heterocycles. The Balaban J connectivity index is 0.000000206. The van der Waals surface area contributed by atoms with Gasteiger partial charge in [0.25, 0.3) is 0 Å². The van der Waals surface area contributed by atoms with Crippen LogP contribution in [0.5, 0.6) is 11.5 Å². The van der Waals surface area contributed by atoms with Gasteiger partial charge in [-0.2, -0.15) is 26.3 Å². The molecule has 0 spiro atoms. The van der Waals surface area contributed by atoms with Gasteiger partial charge in [-0.05, 0) is 70.1 Å². The SMILES string of the molecule is COC(=O)c1cc(-c2cncn2C)cc2cc(C(F)(F)F)c(O)cc12.[C-]#[N+]COc1cc2c(C(=O)OC)cc(-c3cncn3C)cc2cc1C(F)(F)F. The molecule has 53 heavy (non-hydrogen) atoms. The van der Waals surface area contributed by atoms with Crippen molar-refractivity contribution in [1.29, 1.82) is 0 Å². The number of aromatic hydroxyl groups is 1. The second-order valence-corrected chi connectivity index (χ2v) is 11.4. The molecular weight excluding hydrogens is 712 g/mol. The lowest BCUT2D eigenvalue weighted by molar-refractivity contribution is -0.139. The Hall–Kier alpha value is -6.57. The summed E-state index contributed by atoms with van der Waals surface area (Å²) < 4.78 is 97.6. The number of imidazole rings is 2. The van der Waals surface area contributed by atoms with Crippen molar-refractivity contribution in [2.75, 3.05) is 21.0 Å². The number of methoxy groups -OCH3 is 2. The van der Waals surface area contributed by atoms with Crippen LogP contribution in [0, 0.1) is 6.57 Å². The second kappa shape index (κ2) is 14.6. The summed E-state index contributed by atoms with van der Waals surface area (Å²) >= 11 is 0. The average molecular weight is 740 g/mol. The highest BCUT2D eigenvalue weighted by atomic mass is 19.4. The van der Waals surface area contributed by atoms with E-state index >= 15 is 0 Å². The van der Waals surface area contributed by atoms with Crippen molar-refractivity contribution in [1.82, 2.24) is 19.1 Å². The topological polar surface area (TPSA) is 122 Å². The number of hydrogen-bond acceptors (Lipinski definition) is 8. The monoisotopic (exact) mass is 739 g/mol. The van der Waals surface area contributed by atoms with E-state index < -0.39 is 53.6 Å². The molecule has 0 bridgehead atoms. The molecule has 0 saturated heterocycles. The van der Waals surface area contributed by atoms with Gasteiger partial charge >= 0.3 is 31.0 Å². The third kappa shape index (κ3) is 7.71. The molecule has 0 fully saturated rings. The number of esters is 2. The van der Waals surface area contributed by atoms with Gasteiger partial charge in [-0.15, -0.1) is 0 Å². The van der Waals surface area contributed by atoms with Gasteiger partial charge in [0.1, 0.15) is 11.5 Å². The Bertz CT molecular complexity index is 2410. The van der Waals surface area contributed by atoms with Crippen LogP contribution in [0.1, 0.15) is 31.8 Å². The van der Waals surface area contributed by atoms with Crippen molar-refractivity contribution in [3.8, 4) is 34.0 Å². The molecule has 1 N–H and O–H groups in total. The van der Waals surface area contributed by atoms with Gasteiger partial charge in [0, 0.05) is 25.2 Å². The molecule has 11 nitrogen and oxygen atoms in total. The first-order valence-corrected chi connectivity index (χ1v) is 15.1. The number of halogens is 6. The zero-order valence-corrected chi connectivity index (χ0v) is 28.1. The van der Waals surface area contributed by atoms with Crippen LogP contribution < -0.4 is 4.74 Å². The maximum atomic E-state index is 13.5. The van der Waals surface area contributed by atoms with Crippen LogP contribution in [-0.2, 0) is 35.9 Å². The second-order valence-electron chi connectivity index (χ2n) is 11.4. The number of hydrogen-bond donors (Lipinski definition) is 1. The van der Waals surface area contributed by atoms with Crippen molar-refractivity contribution in [3.63, 3.8) is 0 Å². The number of phenols is 1. The molecule has 0 saturated carbocycles. The fraction of sp³-hybridized carbons (Fsp3) is 0.194. The molecule has 2 heterocycles. The zero-order chi connectivity index (χ0) is 38.8. The Kier molecular flexibility index (Phi) is 10.4. The maximum Gasteiger partial charge on any atom is 0.419 e. The fourth-order valence-corrected chi connectivity index (χ4v) is 5.59. The van der Waals surface area contributed by atoms with Crippen LogP contribution in [-0.4, -0.2) is 57.1 Å². The molecular formula is C36H27F6N5O6. The van der Waals surface area contributed by atoms with E-state index in [0.717, 1.165) is 24.3 Å². The zero-order valence-electron chi connectivity index (χ0n) is 28.1. The quantitative estimate of drug-likeness (QED) is 0.104. The molecule has 4 aromatic carbocycles. The first-order chi connectivity index (χ1) is 25.0. The minimum atomic E-state index is -4.72. The van der Waals surface area contributed by atoms with Crippen LogP contribution in [0.3, 0.4) is 0 Å². The van der Waals surface area contributed by atoms with E-state index in [1.165, 1.54) is 51.0 Å². The van der Waals surface area contributed by atoms with Crippen LogP contribution in [0.15, 0.2) is 73.6 Å². The highest BCUT2D eigenvalue weighted by Crippen LogP contribution is 2.42. The van der Waals surface area contributed by atoms with Gasteiger partial charge in [0.05, 0.1) is 72.9 Å². The van der Waals surface area contributed by atoms with Crippen LogP contribution in [0.4, 0.5) is 26.3 Å². The van der Waals surface area contributed by atoms with E-state index in [1.807, 2.05) is 0 Å². The van der Waals surface area contributed by atoms with E-state index in [1.54, 1.807) is 35.8 Å². The normalized spacial score (nSPS) is 11.5. The molecule has 0 aliphatic rings. The number of phenolic OH excluding ortho intramolecular Hbond substituents is 1. The van der Waals surface area contributed by atoms with Gasteiger partial charge in [-0.3, -0.25) is 4.85 Å². The molecule has 6 rings (SSSR count). The van der Waals surface area contributed by atoms with Crippen molar-refractivity contribution >= 4 is 33.5 Å². The maximum absolute atomic E-state index is 13.5. The third-order valence-electron chi connectivity index (χ3n) is 8.05. The van der Waals surface area contributed by atoms with E-state index in [2.05, 4.69) is 14.8 Å². The number of fused-ring (bicyclic) bond motifs is 2. The summed E-state index contributed by atoms with van der Waals surface area (Å²) in [5, 5.41) is 10.5. The van der Waals surface area contributed by atoms with Gasteiger partial charge in [-0.25, -0.2) is 26.1 Å². The molecule has 0 atom stereocenters. The van der Waals surface area contributed by atoms with Gasteiger partial charge in [0.2, 0.25) is 0 Å². The molecule has 274 valence electrons. The average Bonchev–Trinajstić information content (AvgIpc) is 3.75. The molecule has 0 aliphatic carbocycles. The van der Waals surface area contributed by atoms with Crippen molar-refractivity contribution in [2.45, 2.75) is 12.4 Å². The van der Waals surface area contributed by atoms with Crippen molar-refractivity contribution in [2.24, 2.45) is 14.1 Å². The predicted octanol–water partition coefficient (Wildman–Crippen LogP) is 8.05. The minimum Gasteiger partial charge on any atom is -0.507 e. The van der Waals surface area contributed by atoms with Gasteiger partial charge in [0.15, 0.2) is 0 Å². The summed E-state index contributed by atoms with van der Waals surface area (Å²) in [4.78, 5) is 35.3. The van der Waals surface area contributed by atoms with Crippen molar-refractivity contribution < 1.29 is 55.2 Å².